The maximum absolute atomic E-state index is 11.7. The maximum Gasteiger partial charge on any atom is 0.236 e. The van der Waals surface area contributed by atoms with Crippen molar-refractivity contribution in [2.75, 3.05) is 45.9 Å². The van der Waals surface area contributed by atoms with Crippen LogP contribution >= 0.6 is 0 Å². The average Bonchev–Trinajstić information content (AvgIpc) is 3.05. The van der Waals surface area contributed by atoms with Crippen molar-refractivity contribution in [3.8, 4) is 0 Å². The summed E-state index contributed by atoms with van der Waals surface area (Å²) in [6, 6.07) is 0. The molecule has 2 atom stereocenters. The predicted molar refractivity (Wildman–Crippen MR) is 82.3 cm³/mol. The van der Waals surface area contributed by atoms with Crippen LogP contribution < -0.4 is 5.73 Å². The highest BCUT2D eigenvalue weighted by Crippen LogP contribution is 2.22. The van der Waals surface area contributed by atoms with Gasteiger partial charge in [-0.1, -0.05) is 11.6 Å². The normalized spacial score (nSPS) is 29.7. The summed E-state index contributed by atoms with van der Waals surface area (Å²) in [6.45, 7) is 5.13. The summed E-state index contributed by atoms with van der Waals surface area (Å²) in [7, 11) is 0. The molecule has 2 N–H and O–H groups in total. The van der Waals surface area contributed by atoms with Crippen LogP contribution in [0, 0.1) is 5.92 Å². The second-order valence-electron chi connectivity index (χ2n) is 6.36. The molecule has 0 spiro atoms. The Morgan fingerprint density at radius 3 is 2.86 bits per heavy atom. The van der Waals surface area contributed by atoms with Crippen molar-refractivity contribution < 1.29 is 14.4 Å². The number of hydrogen-bond donors (Lipinski definition) is 1. The number of piperidine rings is 1. The molecule has 0 bridgehead atoms. The zero-order chi connectivity index (χ0) is 15.4. The molecule has 3 aliphatic rings. The summed E-state index contributed by atoms with van der Waals surface area (Å²) in [5.74, 6) is 0.782. The summed E-state index contributed by atoms with van der Waals surface area (Å²) in [6.07, 6.45) is 4.79. The van der Waals surface area contributed by atoms with Gasteiger partial charge in [0.25, 0.3) is 0 Å². The Morgan fingerprint density at radius 1 is 1.27 bits per heavy atom. The molecule has 22 heavy (non-hydrogen) atoms. The Morgan fingerprint density at radius 2 is 2.09 bits per heavy atom. The van der Waals surface area contributed by atoms with Crippen molar-refractivity contribution in [1.29, 1.82) is 0 Å². The van der Waals surface area contributed by atoms with Gasteiger partial charge in [0.15, 0.2) is 6.61 Å². The van der Waals surface area contributed by atoms with E-state index in [-0.39, 0.29) is 24.5 Å². The van der Waals surface area contributed by atoms with Gasteiger partial charge in [-0.2, -0.15) is 0 Å². The first kappa shape index (κ1) is 15.6. The molecule has 2 unspecified atom stereocenters. The smallest absolute Gasteiger partial charge is 0.236 e. The van der Waals surface area contributed by atoms with Gasteiger partial charge in [-0.3, -0.25) is 9.69 Å². The quantitative estimate of drug-likeness (QED) is 0.791. The van der Waals surface area contributed by atoms with Gasteiger partial charge in [0.2, 0.25) is 11.8 Å². The van der Waals surface area contributed by atoms with Crippen molar-refractivity contribution in [3.05, 3.63) is 0 Å². The van der Waals surface area contributed by atoms with E-state index in [2.05, 4.69) is 10.1 Å². The minimum Gasteiger partial charge on any atom is -0.470 e. The van der Waals surface area contributed by atoms with Gasteiger partial charge < -0.3 is 20.2 Å². The second kappa shape index (κ2) is 7.28. The average molecular weight is 310 g/mol. The monoisotopic (exact) mass is 310 g/mol. The van der Waals surface area contributed by atoms with Crippen LogP contribution in [0.25, 0.3) is 0 Å². The third-order valence-corrected chi connectivity index (χ3v) is 4.68. The molecule has 0 saturated carbocycles. The lowest BCUT2D eigenvalue weighted by Gasteiger charge is -2.32. The molecule has 0 aromatic heterocycles. The van der Waals surface area contributed by atoms with Crippen molar-refractivity contribution in [1.82, 2.24) is 9.80 Å². The molecule has 124 valence electrons. The zero-order valence-electron chi connectivity index (χ0n) is 13.1. The zero-order valence-corrected chi connectivity index (χ0v) is 13.1. The SMILES string of the molecule is NCC(=O)N1CCC(C2=NOCC(CN3CCCCC3)O2)C1. The molecule has 3 aliphatic heterocycles. The van der Waals surface area contributed by atoms with E-state index < -0.39 is 0 Å². The minimum atomic E-state index is -0.00954. The molecule has 0 aromatic rings. The molecule has 2 fully saturated rings. The Labute approximate surface area is 131 Å². The lowest BCUT2D eigenvalue weighted by atomic mass is 10.1. The number of amides is 1. The highest BCUT2D eigenvalue weighted by atomic mass is 16.7. The second-order valence-corrected chi connectivity index (χ2v) is 6.36. The van der Waals surface area contributed by atoms with Gasteiger partial charge in [-0.05, 0) is 32.4 Å². The van der Waals surface area contributed by atoms with Gasteiger partial charge in [-0.15, -0.1) is 0 Å². The fraction of sp³-hybridized carbons (Fsp3) is 0.867. The first-order chi connectivity index (χ1) is 10.8. The van der Waals surface area contributed by atoms with E-state index in [4.69, 9.17) is 15.3 Å². The van der Waals surface area contributed by atoms with E-state index in [9.17, 15) is 4.79 Å². The van der Waals surface area contributed by atoms with E-state index >= 15 is 0 Å². The number of oxime groups is 1. The number of rotatable bonds is 4. The number of ether oxygens (including phenoxy) is 1. The predicted octanol–water partition coefficient (Wildman–Crippen LogP) is 0.00840. The summed E-state index contributed by atoms with van der Waals surface area (Å²) in [5, 5.41) is 4.08. The van der Waals surface area contributed by atoms with Crippen LogP contribution in [0.3, 0.4) is 0 Å². The summed E-state index contributed by atoms with van der Waals surface area (Å²) in [5.41, 5.74) is 5.42. The Bertz CT molecular complexity index is 423. The Kier molecular flexibility index (Phi) is 5.15. The van der Waals surface area contributed by atoms with E-state index in [1.807, 2.05) is 0 Å². The van der Waals surface area contributed by atoms with Crippen LogP contribution in [-0.4, -0.2) is 73.6 Å². The van der Waals surface area contributed by atoms with Crippen LogP contribution in [0.2, 0.25) is 0 Å². The first-order valence-electron chi connectivity index (χ1n) is 8.33. The lowest BCUT2D eigenvalue weighted by molar-refractivity contribution is -0.128. The molecule has 0 aliphatic carbocycles. The van der Waals surface area contributed by atoms with E-state index in [1.165, 1.54) is 19.3 Å². The van der Waals surface area contributed by atoms with Crippen molar-refractivity contribution in [2.45, 2.75) is 31.8 Å². The minimum absolute atomic E-state index is 0.00954. The maximum atomic E-state index is 11.7. The summed E-state index contributed by atoms with van der Waals surface area (Å²) in [4.78, 5) is 21.3. The van der Waals surface area contributed by atoms with E-state index in [0.717, 1.165) is 32.6 Å². The number of carbonyl (C=O) groups is 1. The largest absolute Gasteiger partial charge is 0.470 e. The lowest BCUT2D eigenvalue weighted by Crippen LogP contribution is -2.43. The van der Waals surface area contributed by atoms with Gasteiger partial charge in [0.05, 0.1) is 12.5 Å². The van der Waals surface area contributed by atoms with Crippen molar-refractivity contribution >= 4 is 11.8 Å². The van der Waals surface area contributed by atoms with Gasteiger partial charge in [0, 0.05) is 19.6 Å². The van der Waals surface area contributed by atoms with Crippen LogP contribution in [-0.2, 0) is 14.4 Å². The van der Waals surface area contributed by atoms with E-state index in [1.54, 1.807) is 4.90 Å². The molecule has 7 heteroatoms. The first-order valence-corrected chi connectivity index (χ1v) is 8.33. The van der Waals surface area contributed by atoms with Gasteiger partial charge >= 0.3 is 0 Å². The molecule has 2 saturated heterocycles. The summed E-state index contributed by atoms with van der Waals surface area (Å²) >= 11 is 0. The molecular formula is C15H26N4O3. The molecule has 1 amide bonds. The van der Waals surface area contributed by atoms with Crippen molar-refractivity contribution in [3.63, 3.8) is 0 Å². The number of likely N-dealkylation sites (tertiary alicyclic amines) is 2. The fourth-order valence-corrected chi connectivity index (χ4v) is 3.42. The fourth-order valence-electron chi connectivity index (χ4n) is 3.42. The van der Waals surface area contributed by atoms with Crippen molar-refractivity contribution in [2.24, 2.45) is 16.8 Å². The van der Waals surface area contributed by atoms with Gasteiger partial charge in [0.1, 0.15) is 6.10 Å². The highest BCUT2D eigenvalue weighted by Gasteiger charge is 2.34. The molecule has 0 radical (unpaired) electrons. The number of hydrogen-bond acceptors (Lipinski definition) is 6. The Hall–Kier alpha value is -1.34. The van der Waals surface area contributed by atoms with Crippen LogP contribution in [0.5, 0.6) is 0 Å². The number of nitrogens with zero attached hydrogens (tertiary/aromatic N) is 3. The Balaban J connectivity index is 1.50. The topological polar surface area (TPSA) is 80.4 Å². The van der Waals surface area contributed by atoms with Crippen LogP contribution in [0.4, 0.5) is 0 Å². The highest BCUT2D eigenvalue weighted by molar-refractivity contribution is 5.82. The molecule has 3 heterocycles. The molecule has 3 rings (SSSR count). The molecular weight excluding hydrogens is 284 g/mol. The number of nitrogens with two attached hydrogens (primary N) is 1. The number of carbonyl (C=O) groups excluding carboxylic acids is 1. The standard InChI is InChI=1S/C15H26N4O3/c16-8-14(20)19-7-4-12(9-19)15-17-21-11-13(22-15)10-18-5-2-1-3-6-18/h12-13H,1-11,16H2. The summed E-state index contributed by atoms with van der Waals surface area (Å²) < 4.78 is 6.05. The molecule has 0 aromatic carbocycles. The van der Waals surface area contributed by atoms with Gasteiger partial charge in [-0.25, -0.2) is 0 Å². The van der Waals surface area contributed by atoms with E-state index in [0.29, 0.717) is 19.0 Å². The third-order valence-electron chi connectivity index (χ3n) is 4.68. The van der Waals surface area contributed by atoms with Crippen LogP contribution in [0.1, 0.15) is 25.7 Å². The molecule has 7 nitrogen and oxygen atoms in total. The van der Waals surface area contributed by atoms with Crippen LogP contribution in [0.15, 0.2) is 5.16 Å². The third kappa shape index (κ3) is 3.70.